The van der Waals surface area contributed by atoms with Gasteiger partial charge in [0.1, 0.15) is 0 Å². The minimum atomic E-state index is 0. The van der Waals surface area contributed by atoms with Crippen LogP contribution in [-0.2, 0) is 12.8 Å². The van der Waals surface area contributed by atoms with E-state index >= 15 is 0 Å². The molecule has 128 valence electrons. The summed E-state index contributed by atoms with van der Waals surface area (Å²) in [5, 5.41) is 1.78. The van der Waals surface area contributed by atoms with Gasteiger partial charge in [0.15, 0.2) is 0 Å². The van der Waals surface area contributed by atoms with E-state index in [2.05, 4.69) is 42.3 Å². The lowest BCUT2D eigenvalue weighted by Gasteiger charge is -2.32. The van der Waals surface area contributed by atoms with Crippen molar-refractivity contribution in [2.75, 3.05) is 13.6 Å². The molecule has 4 heteroatoms. The summed E-state index contributed by atoms with van der Waals surface area (Å²) in [5.41, 5.74) is 4.20. The number of hydrogen-bond donors (Lipinski definition) is 0. The molecule has 1 aliphatic heterocycles. The molecule has 0 radical (unpaired) electrons. The molecule has 0 bridgehead atoms. The van der Waals surface area contributed by atoms with Crippen LogP contribution >= 0.6 is 35.6 Å². The number of likely N-dealkylation sites (tertiary alicyclic amines) is 1. The maximum atomic E-state index is 6.42. The van der Waals surface area contributed by atoms with Crippen LogP contribution in [0.3, 0.4) is 0 Å². The van der Waals surface area contributed by atoms with Gasteiger partial charge in [-0.25, -0.2) is 0 Å². The summed E-state index contributed by atoms with van der Waals surface area (Å²) in [4.78, 5) is 2.53. The number of halogens is 3. The van der Waals surface area contributed by atoms with Crippen molar-refractivity contribution in [3.63, 3.8) is 0 Å². The van der Waals surface area contributed by atoms with Crippen molar-refractivity contribution >= 4 is 35.6 Å². The Hall–Kier alpha value is -0.730. The third-order valence-electron chi connectivity index (χ3n) is 5.68. The Morgan fingerprint density at radius 1 is 1.12 bits per heavy atom. The van der Waals surface area contributed by atoms with Crippen molar-refractivity contribution in [1.29, 1.82) is 0 Å². The maximum Gasteiger partial charge on any atom is 0.0440 e. The summed E-state index contributed by atoms with van der Waals surface area (Å²) < 4.78 is 0. The molecule has 0 aromatic heterocycles. The molecule has 1 heterocycles. The van der Waals surface area contributed by atoms with E-state index in [1.54, 1.807) is 0 Å². The molecule has 0 saturated carbocycles. The van der Waals surface area contributed by atoms with E-state index in [9.17, 15) is 0 Å². The quantitative estimate of drug-likeness (QED) is 0.651. The largest absolute Gasteiger partial charge is 0.302 e. The molecule has 24 heavy (non-hydrogen) atoms. The van der Waals surface area contributed by atoms with Crippen LogP contribution in [0.4, 0.5) is 0 Å². The maximum absolute atomic E-state index is 6.42. The smallest absolute Gasteiger partial charge is 0.0440 e. The molecule has 2 aromatic rings. The Balaban J connectivity index is 0.00000169. The first-order chi connectivity index (χ1) is 11.1. The number of hydrogen-bond acceptors (Lipinski definition) is 1. The Morgan fingerprint density at radius 2 is 1.92 bits per heavy atom. The zero-order valence-corrected chi connectivity index (χ0v) is 16.0. The summed E-state index contributed by atoms with van der Waals surface area (Å²) >= 11 is 12.6. The van der Waals surface area contributed by atoms with Gasteiger partial charge in [-0.3, -0.25) is 0 Å². The topological polar surface area (TPSA) is 3.24 Å². The second-order valence-corrected chi connectivity index (χ2v) is 7.80. The molecule has 3 atom stereocenters. The first-order valence-corrected chi connectivity index (χ1v) is 9.11. The molecular weight excluding hydrogens is 361 g/mol. The molecule has 1 fully saturated rings. The van der Waals surface area contributed by atoms with E-state index < -0.39 is 0 Å². The zero-order chi connectivity index (χ0) is 16.0. The van der Waals surface area contributed by atoms with Crippen LogP contribution in [-0.4, -0.2) is 24.5 Å². The lowest BCUT2D eigenvalue weighted by atomic mass is 9.73. The average molecular weight is 383 g/mol. The van der Waals surface area contributed by atoms with Crippen LogP contribution in [0.5, 0.6) is 0 Å². The fourth-order valence-electron chi connectivity index (χ4n) is 4.61. The predicted octanol–water partition coefficient (Wildman–Crippen LogP) is 5.62. The van der Waals surface area contributed by atoms with E-state index in [0.717, 1.165) is 29.4 Å². The summed E-state index contributed by atoms with van der Waals surface area (Å²) in [5.74, 6) is 1.33. The van der Waals surface area contributed by atoms with Gasteiger partial charge in [0, 0.05) is 28.5 Å². The Labute approximate surface area is 160 Å². The second-order valence-electron chi connectivity index (χ2n) is 6.96. The zero-order valence-electron chi connectivity index (χ0n) is 13.7. The molecule has 2 aliphatic rings. The lowest BCUT2D eigenvalue weighted by Crippen LogP contribution is -2.32. The average Bonchev–Trinajstić information content (AvgIpc) is 2.84. The number of rotatable bonds is 2. The van der Waals surface area contributed by atoms with Gasteiger partial charge in [-0.05, 0) is 67.1 Å². The van der Waals surface area contributed by atoms with Crippen molar-refractivity contribution in [2.24, 2.45) is 5.92 Å². The van der Waals surface area contributed by atoms with Gasteiger partial charge in [0.2, 0.25) is 0 Å². The number of likely N-dealkylation sites (N-methyl/N-ethyl adjacent to an activating group) is 1. The van der Waals surface area contributed by atoms with E-state index in [1.165, 1.54) is 23.1 Å². The monoisotopic (exact) mass is 381 g/mol. The predicted molar refractivity (Wildman–Crippen MR) is 105 cm³/mol. The van der Waals surface area contributed by atoms with Crippen LogP contribution in [0.1, 0.15) is 29.0 Å². The molecular formula is C20H22Cl3N. The normalized spacial score (nSPS) is 25.7. The molecule has 0 N–H and O–H groups in total. The number of nitrogens with zero attached hydrogens (tertiary/aromatic N) is 1. The van der Waals surface area contributed by atoms with Gasteiger partial charge in [-0.2, -0.15) is 0 Å². The van der Waals surface area contributed by atoms with Crippen molar-refractivity contribution < 1.29 is 0 Å². The summed E-state index contributed by atoms with van der Waals surface area (Å²) in [6, 6.07) is 15.3. The number of fused-ring (bicyclic) bond motifs is 3. The van der Waals surface area contributed by atoms with E-state index in [4.69, 9.17) is 23.2 Å². The molecule has 2 aromatic carbocycles. The van der Waals surface area contributed by atoms with Gasteiger partial charge in [0.25, 0.3) is 0 Å². The third-order valence-corrected chi connectivity index (χ3v) is 6.27. The highest BCUT2D eigenvalue weighted by atomic mass is 35.5. The van der Waals surface area contributed by atoms with Gasteiger partial charge in [-0.1, -0.05) is 47.5 Å². The minimum absolute atomic E-state index is 0. The van der Waals surface area contributed by atoms with Gasteiger partial charge in [0.05, 0.1) is 0 Å². The van der Waals surface area contributed by atoms with Crippen LogP contribution in [0.15, 0.2) is 42.5 Å². The summed E-state index contributed by atoms with van der Waals surface area (Å²) in [6.07, 6.45) is 3.42. The highest BCUT2D eigenvalue weighted by Crippen LogP contribution is 2.46. The highest BCUT2D eigenvalue weighted by molar-refractivity contribution is 6.31. The molecule has 4 rings (SSSR count). The molecule has 1 aliphatic carbocycles. The Bertz CT molecular complexity index is 731. The standard InChI is InChI=1S/C20H21Cl2N.ClH/c1-23-12-18-15-6-3-7-19(22)16(15)8-9-17(18)20(23)11-13-4-2-5-14(21)10-13;/h2-7,10,17-18,20H,8-9,11-12H2,1H3;1H/t17?,18-,20+;/m0./s1. The van der Waals surface area contributed by atoms with Crippen LogP contribution < -0.4 is 0 Å². The molecule has 0 amide bonds. The Morgan fingerprint density at radius 3 is 2.71 bits per heavy atom. The van der Waals surface area contributed by atoms with Crippen LogP contribution in [0.2, 0.25) is 10.0 Å². The fourth-order valence-corrected chi connectivity index (χ4v) is 5.10. The van der Waals surface area contributed by atoms with E-state index in [0.29, 0.717) is 17.9 Å². The van der Waals surface area contributed by atoms with Crippen molar-refractivity contribution in [2.45, 2.75) is 31.2 Å². The molecule has 1 saturated heterocycles. The Kier molecular flexibility index (Phi) is 5.46. The van der Waals surface area contributed by atoms with Crippen LogP contribution in [0.25, 0.3) is 0 Å². The van der Waals surface area contributed by atoms with Crippen molar-refractivity contribution in [3.05, 3.63) is 69.2 Å². The first kappa shape index (κ1) is 18.1. The number of benzene rings is 2. The molecule has 0 spiro atoms. The third kappa shape index (κ3) is 3.20. The van der Waals surface area contributed by atoms with Crippen molar-refractivity contribution in [1.82, 2.24) is 4.90 Å². The van der Waals surface area contributed by atoms with Gasteiger partial charge < -0.3 is 4.90 Å². The summed E-state index contributed by atoms with van der Waals surface area (Å²) in [6.45, 7) is 1.13. The highest BCUT2D eigenvalue weighted by Gasteiger charge is 2.43. The SMILES string of the molecule is CN1C[C@H]2c3cccc(Cl)c3CCC2[C@H]1Cc1cccc(Cl)c1.Cl. The second kappa shape index (κ2) is 7.25. The lowest BCUT2D eigenvalue weighted by molar-refractivity contribution is 0.259. The van der Waals surface area contributed by atoms with E-state index in [1.807, 2.05) is 12.1 Å². The minimum Gasteiger partial charge on any atom is -0.302 e. The summed E-state index contributed by atoms with van der Waals surface area (Å²) in [7, 11) is 2.26. The van der Waals surface area contributed by atoms with Crippen molar-refractivity contribution in [3.8, 4) is 0 Å². The fraction of sp³-hybridized carbons (Fsp3) is 0.400. The van der Waals surface area contributed by atoms with Crippen LogP contribution in [0, 0.1) is 5.92 Å². The first-order valence-electron chi connectivity index (χ1n) is 8.35. The van der Waals surface area contributed by atoms with E-state index in [-0.39, 0.29) is 12.4 Å². The van der Waals surface area contributed by atoms with Gasteiger partial charge in [-0.15, -0.1) is 12.4 Å². The molecule has 1 nitrogen and oxygen atoms in total. The van der Waals surface area contributed by atoms with Gasteiger partial charge >= 0.3 is 0 Å². The molecule has 1 unspecified atom stereocenters.